The van der Waals surface area contributed by atoms with Crippen molar-refractivity contribution in [2.24, 2.45) is 0 Å². The molecule has 0 amide bonds. The summed E-state index contributed by atoms with van der Waals surface area (Å²) in [5.74, 6) is 2.40. The quantitative estimate of drug-likeness (QED) is 0.575. The highest BCUT2D eigenvalue weighted by atomic mass is 19.1. The van der Waals surface area contributed by atoms with Crippen LogP contribution in [0.3, 0.4) is 0 Å². The molecule has 0 saturated heterocycles. The Labute approximate surface area is 90.7 Å². The van der Waals surface area contributed by atoms with Crippen LogP contribution < -0.4 is 5.32 Å². The topological polar surface area (TPSA) is 12.0 Å². The van der Waals surface area contributed by atoms with Crippen LogP contribution >= 0.6 is 0 Å². The van der Waals surface area contributed by atoms with E-state index in [1.165, 1.54) is 6.07 Å². The van der Waals surface area contributed by atoms with E-state index in [-0.39, 0.29) is 11.9 Å². The molecule has 1 N–H and O–H groups in total. The second-order valence-corrected chi connectivity index (χ2v) is 3.54. The fourth-order valence-electron chi connectivity index (χ4n) is 1.40. The Morgan fingerprint density at radius 3 is 3.00 bits per heavy atom. The number of terminal acetylenes is 1. The van der Waals surface area contributed by atoms with Crippen LogP contribution in [0.2, 0.25) is 0 Å². The Morgan fingerprint density at radius 2 is 2.33 bits per heavy atom. The fourth-order valence-corrected chi connectivity index (χ4v) is 1.40. The van der Waals surface area contributed by atoms with E-state index < -0.39 is 0 Å². The van der Waals surface area contributed by atoms with Gasteiger partial charge < -0.3 is 5.32 Å². The molecule has 15 heavy (non-hydrogen) atoms. The second kappa shape index (κ2) is 6.21. The second-order valence-electron chi connectivity index (χ2n) is 3.54. The van der Waals surface area contributed by atoms with E-state index in [0.717, 1.165) is 24.9 Å². The minimum absolute atomic E-state index is 0.165. The molecular formula is C13H16FN. The van der Waals surface area contributed by atoms with Gasteiger partial charge in [-0.2, -0.15) is 0 Å². The largest absolute Gasteiger partial charge is 0.310 e. The van der Waals surface area contributed by atoms with Crippen LogP contribution in [0.5, 0.6) is 0 Å². The first-order valence-electron chi connectivity index (χ1n) is 5.16. The van der Waals surface area contributed by atoms with Crippen LogP contribution in [0.25, 0.3) is 0 Å². The molecule has 1 atom stereocenters. The van der Waals surface area contributed by atoms with Gasteiger partial charge in [0.05, 0.1) is 0 Å². The first kappa shape index (κ1) is 11.7. The van der Waals surface area contributed by atoms with Gasteiger partial charge in [0.15, 0.2) is 0 Å². The highest BCUT2D eigenvalue weighted by Gasteiger charge is 2.04. The lowest BCUT2D eigenvalue weighted by Crippen LogP contribution is -2.19. The first-order chi connectivity index (χ1) is 7.24. The Morgan fingerprint density at radius 1 is 1.53 bits per heavy atom. The van der Waals surface area contributed by atoms with Crippen LogP contribution in [0, 0.1) is 18.2 Å². The van der Waals surface area contributed by atoms with E-state index in [4.69, 9.17) is 6.42 Å². The summed E-state index contributed by atoms with van der Waals surface area (Å²) in [7, 11) is 0. The maximum atomic E-state index is 12.9. The summed E-state index contributed by atoms with van der Waals surface area (Å²) in [6.45, 7) is 2.88. The highest BCUT2D eigenvalue weighted by molar-refractivity contribution is 5.19. The Kier molecular flexibility index (Phi) is 4.86. The van der Waals surface area contributed by atoms with Crippen LogP contribution in [0.1, 0.15) is 31.4 Å². The molecule has 0 aliphatic carbocycles. The molecule has 80 valence electrons. The summed E-state index contributed by atoms with van der Waals surface area (Å²) in [4.78, 5) is 0. The third kappa shape index (κ3) is 4.14. The SMILES string of the molecule is C#CCCCN[C@H](C)c1cccc(F)c1. The van der Waals surface area contributed by atoms with Gasteiger partial charge in [-0.25, -0.2) is 4.39 Å². The van der Waals surface area contributed by atoms with Crippen LogP contribution in [-0.2, 0) is 0 Å². The van der Waals surface area contributed by atoms with Crippen molar-refractivity contribution in [1.82, 2.24) is 5.32 Å². The van der Waals surface area contributed by atoms with Crippen molar-refractivity contribution in [2.75, 3.05) is 6.54 Å². The minimum atomic E-state index is -0.190. The van der Waals surface area contributed by atoms with Crippen molar-refractivity contribution in [1.29, 1.82) is 0 Å². The summed E-state index contributed by atoms with van der Waals surface area (Å²) in [6.07, 6.45) is 6.88. The highest BCUT2D eigenvalue weighted by Crippen LogP contribution is 2.13. The molecule has 0 aromatic heterocycles. The van der Waals surface area contributed by atoms with Crippen molar-refractivity contribution in [2.45, 2.75) is 25.8 Å². The monoisotopic (exact) mass is 205 g/mol. The standard InChI is InChI=1S/C13H16FN/c1-3-4-5-9-15-11(2)12-7-6-8-13(14)10-12/h1,6-8,10-11,15H,4-5,9H2,2H3/t11-/m1/s1. The van der Waals surface area contributed by atoms with Gasteiger partial charge in [0.25, 0.3) is 0 Å². The van der Waals surface area contributed by atoms with Gasteiger partial charge in [0.2, 0.25) is 0 Å². The normalized spacial score (nSPS) is 12.1. The summed E-state index contributed by atoms with van der Waals surface area (Å²) >= 11 is 0. The Hall–Kier alpha value is -1.33. The number of unbranched alkanes of at least 4 members (excludes halogenated alkanes) is 1. The molecule has 1 aromatic rings. The summed E-state index contributed by atoms with van der Waals surface area (Å²) in [6, 6.07) is 6.82. The van der Waals surface area contributed by atoms with Gasteiger partial charge in [0, 0.05) is 12.5 Å². The molecule has 1 nitrogen and oxygen atoms in total. The van der Waals surface area contributed by atoms with Crippen molar-refractivity contribution in [3.63, 3.8) is 0 Å². The zero-order chi connectivity index (χ0) is 11.1. The van der Waals surface area contributed by atoms with E-state index in [2.05, 4.69) is 11.2 Å². The molecule has 0 aliphatic rings. The number of benzene rings is 1. The fraction of sp³-hybridized carbons (Fsp3) is 0.385. The lowest BCUT2D eigenvalue weighted by molar-refractivity contribution is 0.555. The molecule has 2 heteroatoms. The van der Waals surface area contributed by atoms with Crippen LogP contribution in [0.4, 0.5) is 4.39 Å². The van der Waals surface area contributed by atoms with Gasteiger partial charge in [0.1, 0.15) is 5.82 Å². The molecular weight excluding hydrogens is 189 g/mol. The lowest BCUT2D eigenvalue weighted by atomic mass is 10.1. The zero-order valence-corrected chi connectivity index (χ0v) is 8.96. The Balaban J connectivity index is 2.40. The number of hydrogen-bond donors (Lipinski definition) is 1. The lowest BCUT2D eigenvalue weighted by Gasteiger charge is -2.13. The van der Waals surface area contributed by atoms with Crippen molar-refractivity contribution < 1.29 is 4.39 Å². The molecule has 0 bridgehead atoms. The Bertz CT molecular complexity index is 341. The first-order valence-corrected chi connectivity index (χ1v) is 5.16. The van der Waals surface area contributed by atoms with E-state index in [1.807, 2.05) is 13.0 Å². The number of nitrogens with one attached hydrogen (secondary N) is 1. The van der Waals surface area contributed by atoms with Crippen molar-refractivity contribution >= 4 is 0 Å². The molecule has 0 fully saturated rings. The predicted molar refractivity (Wildman–Crippen MR) is 60.9 cm³/mol. The average molecular weight is 205 g/mol. The third-order valence-electron chi connectivity index (χ3n) is 2.30. The van der Waals surface area contributed by atoms with Gasteiger partial charge in [-0.05, 0) is 37.6 Å². The number of rotatable bonds is 5. The summed E-state index contributed by atoms with van der Waals surface area (Å²) in [5, 5.41) is 3.30. The van der Waals surface area contributed by atoms with Gasteiger partial charge in [-0.1, -0.05) is 12.1 Å². The van der Waals surface area contributed by atoms with E-state index in [9.17, 15) is 4.39 Å². The maximum Gasteiger partial charge on any atom is 0.123 e. The molecule has 0 saturated carbocycles. The third-order valence-corrected chi connectivity index (χ3v) is 2.30. The molecule has 1 rings (SSSR count). The molecule has 0 radical (unpaired) electrons. The van der Waals surface area contributed by atoms with Gasteiger partial charge in [-0.3, -0.25) is 0 Å². The predicted octanol–water partition coefficient (Wildman–Crippen LogP) is 2.89. The summed E-state index contributed by atoms with van der Waals surface area (Å²) < 4.78 is 12.9. The number of halogens is 1. The van der Waals surface area contributed by atoms with Crippen molar-refractivity contribution in [3.05, 3.63) is 35.6 Å². The molecule has 0 spiro atoms. The van der Waals surface area contributed by atoms with E-state index in [1.54, 1.807) is 12.1 Å². The zero-order valence-electron chi connectivity index (χ0n) is 8.96. The molecule has 0 unspecified atom stereocenters. The molecule has 0 aliphatic heterocycles. The van der Waals surface area contributed by atoms with Gasteiger partial charge >= 0.3 is 0 Å². The van der Waals surface area contributed by atoms with Crippen molar-refractivity contribution in [3.8, 4) is 12.3 Å². The smallest absolute Gasteiger partial charge is 0.123 e. The van der Waals surface area contributed by atoms with Gasteiger partial charge in [-0.15, -0.1) is 12.3 Å². The molecule has 1 aromatic carbocycles. The average Bonchev–Trinajstić information content (AvgIpc) is 2.24. The summed E-state index contributed by atoms with van der Waals surface area (Å²) in [5.41, 5.74) is 0.968. The molecule has 0 heterocycles. The maximum absolute atomic E-state index is 12.9. The van der Waals surface area contributed by atoms with Crippen LogP contribution in [-0.4, -0.2) is 6.54 Å². The van der Waals surface area contributed by atoms with E-state index in [0.29, 0.717) is 0 Å². The minimum Gasteiger partial charge on any atom is -0.310 e. The van der Waals surface area contributed by atoms with Crippen LogP contribution in [0.15, 0.2) is 24.3 Å². The number of hydrogen-bond acceptors (Lipinski definition) is 1. The van der Waals surface area contributed by atoms with E-state index >= 15 is 0 Å².